The molecule has 0 saturated carbocycles. The highest BCUT2D eigenvalue weighted by Crippen LogP contribution is 2.10. The molecular weight excluding hydrogens is 243 g/mol. The Morgan fingerprint density at radius 2 is 2.11 bits per heavy atom. The van der Waals surface area contributed by atoms with Crippen LogP contribution >= 0.6 is 0 Å². The van der Waals surface area contributed by atoms with Gasteiger partial charge in [0.25, 0.3) is 5.91 Å². The lowest BCUT2D eigenvalue weighted by atomic mass is 9.98. The number of likely N-dealkylation sites (tertiary alicyclic amines) is 1. The first-order chi connectivity index (χ1) is 9.06. The second-order valence-electron chi connectivity index (χ2n) is 5.56. The number of piperidine rings is 1. The van der Waals surface area contributed by atoms with Gasteiger partial charge in [0.2, 0.25) is 0 Å². The smallest absolute Gasteiger partial charge is 0.282 e. The zero-order valence-electron chi connectivity index (χ0n) is 11.6. The number of carbonyl (C=O) groups excluding carboxylic acids is 1. The molecule has 0 unspecified atom stereocenters. The third-order valence-corrected chi connectivity index (χ3v) is 4.01. The van der Waals surface area contributed by atoms with Crippen molar-refractivity contribution in [1.82, 2.24) is 0 Å². The van der Waals surface area contributed by atoms with Crippen LogP contribution in [0, 0.1) is 11.7 Å². The van der Waals surface area contributed by atoms with E-state index in [1.54, 1.807) is 12.1 Å². The van der Waals surface area contributed by atoms with Gasteiger partial charge in [-0.05, 0) is 43.9 Å². The molecule has 104 valence electrons. The molecule has 3 nitrogen and oxygen atoms in total. The van der Waals surface area contributed by atoms with E-state index >= 15 is 0 Å². The minimum atomic E-state index is -0.329. The Morgan fingerprint density at radius 1 is 1.42 bits per heavy atom. The van der Waals surface area contributed by atoms with Crippen molar-refractivity contribution in [2.45, 2.75) is 32.7 Å². The molecule has 1 aromatic carbocycles. The lowest BCUT2D eigenvalue weighted by Gasteiger charge is -2.31. The van der Waals surface area contributed by atoms with Crippen LogP contribution in [-0.4, -0.2) is 25.0 Å². The summed E-state index contributed by atoms with van der Waals surface area (Å²) in [5.41, 5.74) is 0.529. The molecule has 1 heterocycles. The van der Waals surface area contributed by atoms with Crippen LogP contribution in [0.3, 0.4) is 0 Å². The zero-order chi connectivity index (χ0) is 13.8. The van der Waals surface area contributed by atoms with Gasteiger partial charge in [0.1, 0.15) is 5.82 Å². The molecule has 1 amide bonds. The Morgan fingerprint density at radius 3 is 2.74 bits per heavy atom. The molecule has 1 aromatic rings. The monoisotopic (exact) mass is 265 g/mol. The number of amides is 1. The molecule has 2 N–H and O–H groups in total. The fourth-order valence-electron chi connectivity index (χ4n) is 2.57. The molecule has 19 heavy (non-hydrogen) atoms. The third-order valence-electron chi connectivity index (χ3n) is 4.01. The summed E-state index contributed by atoms with van der Waals surface area (Å²) in [5, 5.41) is 2.79. The van der Waals surface area contributed by atoms with Crippen molar-refractivity contribution in [2.75, 3.05) is 18.4 Å². The van der Waals surface area contributed by atoms with E-state index in [4.69, 9.17) is 0 Å². The van der Waals surface area contributed by atoms with Gasteiger partial charge in [-0.15, -0.1) is 0 Å². The third kappa shape index (κ3) is 3.77. The van der Waals surface area contributed by atoms with Gasteiger partial charge >= 0.3 is 0 Å². The molecule has 1 atom stereocenters. The van der Waals surface area contributed by atoms with E-state index in [-0.39, 0.29) is 17.8 Å². The quantitative estimate of drug-likeness (QED) is 0.852. The predicted octanol–water partition coefficient (Wildman–Crippen LogP) is 1.47. The maximum absolute atomic E-state index is 13.1. The number of quaternary nitrogens is 1. The van der Waals surface area contributed by atoms with Crippen LogP contribution < -0.4 is 10.2 Å². The van der Waals surface area contributed by atoms with Crippen LogP contribution in [-0.2, 0) is 4.79 Å². The molecule has 4 heteroatoms. The summed E-state index contributed by atoms with van der Waals surface area (Å²) in [7, 11) is 0. The van der Waals surface area contributed by atoms with Crippen molar-refractivity contribution >= 4 is 11.6 Å². The largest absolute Gasteiger partial charge is 0.325 e. The topological polar surface area (TPSA) is 33.5 Å². The van der Waals surface area contributed by atoms with Crippen LogP contribution in [0.4, 0.5) is 10.1 Å². The van der Waals surface area contributed by atoms with Gasteiger partial charge in [-0.2, -0.15) is 0 Å². The van der Waals surface area contributed by atoms with E-state index < -0.39 is 0 Å². The summed E-state index contributed by atoms with van der Waals surface area (Å²) in [6, 6.07) is 5.94. The van der Waals surface area contributed by atoms with Crippen LogP contribution in [0.2, 0.25) is 0 Å². The molecule has 1 aliphatic heterocycles. The lowest BCUT2D eigenvalue weighted by Crippen LogP contribution is -3.17. The van der Waals surface area contributed by atoms with Gasteiger partial charge in [-0.1, -0.05) is 13.0 Å². The van der Waals surface area contributed by atoms with E-state index in [9.17, 15) is 9.18 Å². The van der Waals surface area contributed by atoms with E-state index in [0.29, 0.717) is 5.69 Å². The van der Waals surface area contributed by atoms with Crippen LogP contribution in [0.25, 0.3) is 0 Å². The maximum atomic E-state index is 13.1. The van der Waals surface area contributed by atoms with E-state index in [1.807, 2.05) is 6.92 Å². The Bertz CT molecular complexity index is 442. The Hall–Kier alpha value is -1.42. The summed E-state index contributed by atoms with van der Waals surface area (Å²) in [6.45, 7) is 6.28. The van der Waals surface area contributed by atoms with Crippen LogP contribution in [0.1, 0.15) is 26.7 Å². The Kier molecular flexibility index (Phi) is 4.53. The molecule has 0 spiro atoms. The van der Waals surface area contributed by atoms with Crippen LogP contribution in [0.5, 0.6) is 0 Å². The van der Waals surface area contributed by atoms with Crippen molar-refractivity contribution in [3.63, 3.8) is 0 Å². The molecule has 2 rings (SSSR count). The number of rotatable bonds is 3. The van der Waals surface area contributed by atoms with Crippen molar-refractivity contribution in [3.05, 3.63) is 30.1 Å². The SMILES string of the molecule is CC1CC[NH+]([C@@H](C)C(=O)Nc2cccc(F)c2)CC1. The number of nitrogens with one attached hydrogen (secondary N) is 2. The number of hydrogen-bond donors (Lipinski definition) is 2. The molecule has 1 aliphatic rings. The Labute approximate surface area is 113 Å². The number of hydrogen-bond acceptors (Lipinski definition) is 1. The molecule has 0 aliphatic carbocycles. The summed E-state index contributed by atoms with van der Waals surface area (Å²) >= 11 is 0. The average molecular weight is 265 g/mol. The van der Waals surface area contributed by atoms with E-state index in [1.165, 1.54) is 29.9 Å². The normalized spacial score (nSPS) is 24.8. The van der Waals surface area contributed by atoms with Gasteiger partial charge in [-0.25, -0.2) is 4.39 Å². The zero-order valence-corrected chi connectivity index (χ0v) is 11.6. The summed E-state index contributed by atoms with van der Waals surface area (Å²) in [6.07, 6.45) is 2.35. The second-order valence-corrected chi connectivity index (χ2v) is 5.56. The van der Waals surface area contributed by atoms with E-state index in [0.717, 1.165) is 19.0 Å². The minimum Gasteiger partial charge on any atom is -0.325 e. The van der Waals surface area contributed by atoms with Crippen molar-refractivity contribution in [3.8, 4) is 0 Å². The van der Waals surface area contributed by atoms with Crippen molar-refractivity contribution < 1.29 is 14.1 Å². The fraction of sp³-hybridized carbons (Fsp3) is 0.533. The minimum absolute atomic E-state index is 0.0323. The molecule has 0 radical (unpaired) electrons. The molecular formula is C15H22FN2O+. The number of anilines is 1. The highest BCUT2D eigenvalue weighted by atomic mass is 19.1. The van der Waals surface area contributed by atoms with Crippen molar-refractivity contribution in [2.24, 2.45) is 5.92 Å². The summed E-state index contributed by atoms with van der Waals surface area (Å²) in [4.78, 5) is 13.5. The van der Waals surface area contributed by atoms with Gasteiger partial charge in [-0.3, -0.25) is 4.79 Å². The summed E-state index contributed by atoms with van der Waals surface area (Å²) in [5.74, 6) is 0.405. The molecule has 1 saturated heterocycles. The number of halogens is 1. The standard InChI is InChI=1S/C15H21FN2O/c1-11-6-8-18(9-7-11)12(2)15(19)17-14-5-3-4-13(16)10-14/h3-5,10-12H,6-9H2,1-2H3,(H,17,19)/p+1/t12-/m0/s1. The van der Waals surface area contributed by atoms with Gasteiger partial charge in [0.15, 0.2) is 6.04 Å². The number of carbonyl (C=O) groups is 1. The van der Waals surface area contributed by atoms with Gasteiger partial charge in [0.05, 0.1) is 13.1 Å². The van der Waals surface area contributed by atoms with Crippen molar-refractivity contribution in [1.29, 1.82) is 0 Å². The molecule has 1 fully saturated rings. The maximum Gasteiger partial charge on any atom is 0.282 e. The van der Waals surface area contributed by atoms with Gasteiger partial charge in [0, 0.05) is 5.69 Å². The summed E-state index contributed by atoms with van der Waals surface area (Å²) < 4.78 is 13.1. The second kappa shape index (κ2) is 6.15. The average Bonchev–Trinajstić information content (AvgIpc) is 2.39. The first kappa shape index (κ1) is 14.0. The number of benzene rings is 1. The Balaban J connectivity index is 1.92. The lowest BCUT2D eigenvalue weighted by molar-refractivity contribution is -0.919. The first-order valence-electron chi connectivity index (χ1n) is 6.97. The highest BCUT2D eigenvalue weighted by molar-refractivity contribution is 5.93. The van der Waals surface area contributed by atoms with Gasteiger partial charge < -0.3 is 10.2 Å². The molecule has 0 bridgehead atoms. The predicted molar refractivity (Wildman–Crippen MR) is 73.6 cm³/mol. The highest BCUT2D eigenvalue weighted by Gasteiger charge is 2.28. The van der Waals surface area contributed by atoms with E-state index in [2.05, 4.69) is 12.2 Å². The molecule has 0 aromatic heterocycles. The first-order valence-corrected chi connectivity index (χ1v) is 6.97. The fourth-order valence-corrected chi connectivity index (χ4v) is 2.57. The van der Waals surface area contributed by atoms with Crippen LogP contribution in [0.15, 0.2) is 24.3 Å².